The molecule has 1 heterocycles. The molecule has 2 aromatic rings. The molecule has 1 aromatic heterocycles. The molecule has 0 aliphatic carbocycles. The van der Waals surface area contributed by atoms with Crippen molar-refractivity contribution in [2.45, 2.75) is 6.54 Å². The smallest absolute Gasteiger partial charge is 0.219 e. The van der Waals surface area contributed by atoms with Crippen molar-refractivity contribution in [1.29, 1.82) is 0 Å². The third-order valence-electron chi connectivity index (χ3n) is 3.31. The van der Waals surface area contributed by atoms with Crippen LogP contribution in [0.1, 0.15) is 5.56 Å². The molecule has 0 unspecified atom stereocenters. The standard InChI is InChI=1S/C17H22N4O3.HI/c1-18-17(19-2)21-11-12-8-9-15(20-10-12)24-16-13(22-3)6-5-7-14(16)23-4;/h5-10H,11H2,1-4H3,(H2,18,19,21);1H. The van der Waals surface area contributed by atoms with E-state index in [-0.39, 0.29) is 24.0 Å². The number of rotatable bonds is 6. The molecule has 0 amide bonds. The van der Waals surface area contributed by atoms with E-state index in [9.17, 15) is 0 Å². The van der Waals surface area contributed by atoms with Gasteiger partial charge in [0.1, 0.15) is 0 Å². The lowest BCUT2D eigenvalue weighted by atomic mass is 10.3. The molecule has 0 spiro atoms. The van der Waals surface area contributed by atoms with Crippen LogP contribution in [0.5, 0.6) is 23.1 Å². The maximum Gasteiger partial charge on any atom is 0.219 e. The number of halogens is 1. The van der Waals surface area contributed by atoms with E-state index in [1.54, 1.807) is 45.7 Å². The molecule has 2 N–H and O–H groups in total. The fraction of sp³-hybridized carbons (Fsp3) is 0.294. The summed E-state index contributed by atoms with van der Waals surface area (Å²) in [5.74, 6) is 2.84. The Morgan fingerprint density at radius 2 is 1.80 bits per heavy atom. The highest BCUT2D eigenvalue weighted by Crippen LogP contribution is 2.39. The molecule has 2 rings (SSSR count). The third-order valence-corrected chi connectivity index (χ3v) is 3.31. The average Bonchev–Trinajstić information content (AvgIpc) is 2.64. The largest absolute Gasteiger partial charge is 0.493 e. The number of aromatic nitrogens is 1. The number of hydrogen-bond acceptors (Lipinski definition) is 5. The molecule has 1 aromatic carbocycles. The van der Waals surface area contributed by atoms with Crippen molar-refractivity contribution in [1.82, 2.24) is 15.6 Å². The number of nitrogens with one attached hydrogen (secondary N) is 2. The maximum atomic E-state index is 5.83. The van der Waals surface area contributed by atoms with Gasteiger partial charge in [0.05, 0.1) is 14.2 Å². The van der Waals surface area contributed by atoms with Crippen LogP contribution in [0.3, 0.4) is 0 Å². The van der Waals surface area contributed by atoms with Gasteiger partial charge in [-0.05, 0) is 17.7 Å². The molecular weight excluding hydrogens is 435 g/mol. The first-order chi connectivity index (χ1) is 11.7. The normalized spacial score (nSPS) is 10.5. The van der Waals surface area contributed by atoms with E-state index in [2.05, 4.69) is 20.6 Å². The van der Waals surface area contributed by atoms with Crippen LogP contribution in [0.25, 0.3) is 0 Å². The van der Waals surface area contributed by atoms with E-state index in [1.807, 2.05) is 19.2 Å². The summed E-state index contributed by atoms with van der Waals surface area (Å²) in [5.41, 5.74) is 1.01. The van der Waals surface area contributed by atoms with E-state index in [0.29, 0.717) is 35.6 Å². The molecule has 25 heavy (non-hydrogen) atoms. The number of methoxy groups -OCH3 is 2. The quantitative estimate of drug-likeness (QED) is 0.394. The lowest BCUT2D eigenvalue weighted by molar-refractivity contribution is 0.342. The molecular formula is C17H23IN4O3. The number of para-hydroxylation sites is 1. The predicted octanol–water partition coefficient (Wildman–Crippen LogP) is 2.80. The number of benzene rings is 1. The Balaban J connectivity index is 0.00000312. The Morgan fingerprint density at radius 1 is 1.12 bits per heavy atom. The zero-order valence-corrected chi connectivity index (χ0v) is 17.0. The molecule has 8 heteroatoms. The van der Waals surface area contributed by atoms with Crippen LogP contribution in [0, 0.1) is 0 Å². The third kappa shape index (κ3) is 5.66. The minimum atomic E-state index is 0. The van der Waals surface area contributed by atoms with Crippen LogP contribution < -0.4 is 24.8 Å². The first-order valence-corrected chi connectivity index (χ1v) is 7.44. The molecule has 7 nitrogen and oxygen atoms in total. The zero-order chi connectivity index (χ0) is 17.4. The summed E-state index contributed by atoms with van der Waals surface area (Å²) in [7, 11) is 6.69. The first-order valence-electron chi connectivity index (χ1n) is 7.44. The van der Waals surface area contributed by atoms with Crippen molar-refractivity contribution in [2.24, 2.45) is 4.99 Å². The highest BCUT2D eigenvalue weighted by Gasteiger charge is 2.13. The Labute approximate surface area is 164 Å². The van der Waals surface area contributed by atoms with Gasteiger partial charge in [-0.25, -0.2) is 4.98 Å². The molecule has 0 saturated heterocycles. The zero-order valence-electron chi connectivity index (χ0n) is 14.7. The van der Waals surface area contributed by atoms with E-state index in [4.69, 9.17) is 14.2 Å². The minimum absolute atomic E-state index is 0. The summed E-state index contributed by atoms with van der Waals surface area (Å²) in [6, 6.07) is 9.17. The minimum Gasteiger partial charge on any atom is -0.493 e. The van der Waals surface area contributed by atoms with Gasteiger partial charge in [-0.15, -0.1) is 24.0 Å². The van der Waals surface area contributed by atoms with E-state index in [1.165, 1.54) is 0 Å². The molecule has 0 fully saturated rings. The van der Waals surface area contributed by atoms with Crippen LogP contribution in [0.15, 0.2) is 41.5 Å². The topological polar surface area (TPSA) is 77.0 Å². The second-order valence-corrected chi connectivity index (χ2v) is 4.77. The van der Waals surface area contributed by atoms with Gasteiger partial charge in [0.15, 0.2) is 17.5 Å². The SMILES string of the molecule is CN=C(NC)NCc1ccc(Oc2c(OC)cccc2OC)nc1.I. The summed E-state index contributed by atoms with van der Waals surface area (Å²) in [6.07, 6.45) is 1.74. The Morgan fingerprint density at radius 3 is 2.28 bits per heavy atom. The lowest BCUT2D eigenvalue weighted by Gasteiger charge is -2.13. The van der Waals surface area contributed by atoms with Gasteiger partial charge in [0.25, 0.3) is 0 Å². The van der Waals surface area contributed by atoms with Crippen LogP contribution >= 0.6 is 24.0 Å². The maximum absolute atomic E-state index is 5.83. The Hall–Kier alpha value is -2.23. The van der Waals surface area contributed by atoms with E-state index in [0.717, 1.165) is 5.56 Å². The molecule has 0 aliphatic rings. The molecule has 0 aliphatic heterocycles. The van der Waals surface area contributed by atoms with Gasteiger partial charge in [-0.2, -0.15) is 0 Å². The fourth-order valence-corrected chi connectivity index (χ4v) is 2.06. The number of aliphatic imine (C=N–C) groups is 1. The summed E-state index contributed by atoms with van der Waals surface area (Å²) in [4.78, 5) is 8.38. The first kappa shape index (κ1) is 20.8. The van der Waals surface area contributed by atoms with Crippen LogP contribution in [-0.2, 0) is 6.54 Å². The summed E-state index contributed by atoms with van der Waals surface area (Å²) < 4.78 is 16.4. The second-order valence-electron chi connectivity index (χ2n) is 4.77. The van der Waals surface area contributed by atoms with Gasteiger partial charge >= 0.3 is 0 Å². The molecule has 0 radical (unpaired) electrons. The highest BCUT2D eigenvalue weighted by molar-refractivity contribution is 14.0. The van der Waals surface area contributed by atoms with Crippen molar-refractivity contribution in [3.63, 3.8) is 0 Å². The van der Waals surface area contributed by atoms with Crippen LogP contribution in [0.4, 0.5) is 0 Å². The van der Waals surface area contributed by atoms with Gasteiger partial charge in [-0.1, -0.05) is 12.1 Å². The summed E-state index contributed by atoms with van der Waals surface area (Å²) in [5, 5.41) is 6.12. The summed E-state index contributed by atoms with van der Waals surface area (Å²) in [6.45, 7) is 0.610. The Kier molecular flexibility index (Phi) is 8.82. The molecule has 0 bridgehead atoms. The van der Waals surface area contributed by atoms with E-state index < -0.39 is 0 Å². The van der Waals surface area contributed by atoms with Crippen molar-refractivity contribution in [3.05, 3.63) is 42.1 Å². The predicted molar refractivity (Wildman–Crippen MR) is 109 cm³/mol. The molecule has 0 saturated carbocycles. The van der Waals surface area contributed by atoms with Gasteiger partial charge in [0, 0.05) is 32.9 Å². The van der Waals surface area contributed by atoms with E-state index >= 15 is 0 Å². The average molecular weight is 458 g/mol. The number of nitrogens with zero attached hydrogens (tertiary/aromatic N) is 2. The van der Waals surface area contributed by atoms with Gasteiger partial charge in [-0.3, -0.25) is 4.99 Å². The number of guanidine groups is 1. The Bertz CT molecular complexity index is 671. The number of pyridine rings is 1. The van der Waals surface area contributed by atoms with Gasteiger partial charge < -0.3 is 24.8 Å². The number of ether oxygens (including phenoxy) is 3. The van der Waals surface area contributed by atoms with Crippen LogP contribution in [-0.4, -0.2) is 39.3 Å². The molecule has 0 atom stereocenters. The second kappa shape index (κ2) is 10.6. The fourth-order valence-electron chi connectivity index (χ4n) is 2.06. The van der Waals surface area contributed by atoms with Crippen molar-refractivity contribution < 1.29 is 14.2 Å². The lowest BCUT2D eigenvalue weighted by Crippen LogP contribution is -2.34. The monoisotopic (exact) mass is 458 g/mol. The van der Waals surface area contributed by atoms with Crippen molar-refractivity contribution in [3.8, 4) is 23.1 Å². The highest BCUT2D eigenvalue weighted by atomic mass is 127. The van der Waals surface area contributed by atoms with Crippen molar-refractivity contribution >= 4 is 29.9 Å². The van der Waals surface area contributed by atoms with Crippen LogP contribution in [0.2, 0.25) is 0 Å². The van der Waals surface area contributed by atoms with Crippen molar-refractivity contribution in [2.75, 3.05) is 28.3 Å². The summed E-state index contributed by atoms with van der Waals surface area (Å²) >= 11 is 0. The number of hydrogen-bond donors (Lipinski definition) is 2. The molecule has 136 valence electrons. The van der Waals surface area contributed by atoms with Gasteiger partial charge in [0.2, 0.25) is 11.6 Å².